The number of carbonyl (C=O) groups is 1. The number of methoxy groups -OCH3 is 1. The van der Waals surface area contributed by atoms with Gasteiger partial charge >= 0.3 is 6.18 Å². The first-order chi connectivity index (χ1) is 18.5. The van der Waals surface area contributed by atoms with Crippen molar-refractivity contribution in [2.45, 2.75) is 45.5 Å². The highest BCUT2D eigenvalue weighted by atomic mass is 19.4. The smallest absolute Gasteiger partial charge is 0.416 e. The number of anilines is 1. The van der Waals surface area contributed by atoms with Crippen LogP contribution in [0, 0.1) is 13.8 Å². The molecule has 204 valence electrons. The van der Waals surface area contributed by atoms with Gasteiger partial charge in [-0.3, -0.25) is 9.48 Å². The summed E-state index contributed by atoms with van der Waals surface area (Å²) < 4.78 is 49.8. The van der Waals surface area contributed by atoms with E-state index in [9.17, 15) is 18.0 Å². The standard InChI is InChI=1S/C27H28F3N7O2/c1-15-5-6-17(10-24(15)37-14-23(34-35-37)21-13-32-36(3)16(21)2)26(38)33-22-11-19(27(28,29)30)9-18(25(22)39-4)12-31-20-7-8-20/h5-6,9-11,13-14,20,31H,7-8,12H2,1-4H3,(H,33,38). The minimum atomic E-state index is -4.59. The molecule has 1 saturated carbocycles. The first-order valence-corrected chi connectivity index (χ1v) is 12.4. The molecule has 0 bridgehead atoms. The van der Waals surface area contributed by atoms with E-state index in [0.717, 1.165) is 41.8 Å². The maximum atomic E-state index is 13.7. The van der Waals surface area contributed by atoms with Gasteiger partial charge in [-0.15, -0.1) is 5.10 Å². The zero-order valence-electron chi connectivity index (χ0n) is 21.9. The molecule has 0 aliphatic heterocycles. The van der Waals surface area contributed by atoms with E-state index in [1.54, 1.807) is 40.0 Å². The molecule has 2 aromatic carbocycles. The zero-order valence-corrected chi connectivity index (χ0v) is 21.9. The fourth-order valence-corrected chi connectivity index (χ4v) is 4.31. The van der Waals surface area contributed by atoms with E-state index in [4.69, 9.17) is 4.74 Å². The van der Waals surface area contributed by atoms with E-state index in [-0.39, 0.29) is 29.6 Å². The highest BCUT2D eigenvalue weighted by Gasteiger charge is 2.33. The molecule has 1 fully saturated rings. The average molecular weight is 540 g/mol. The van der Waals surface area contributed by atoms with Crippen LogP contribution in [0.5, 0.6) is 5.75 Å². The Kier molecular flexibility index (Phi) is 6.89. The second-order valence-corrected chi connectivity index (χ2v) is 9.64. The van der Waals surface area contributed by atoms with Crippen molar-refractivity contribution < 1.29 is 22.7 Å². The predicted molar refractivity (Wildman–Crippen MR) is 139 cm³/mol. The molecule has 0 atom stereocenters. The van der Waals surface area contributed by atoms with Crippen LogP contribution in [-0.2, 0) is 19.8 Å². The van der Waals surface area contributed by atoms with Gasteiger partial charge in [0.2, 0.25) is 0 Å². The number of halogens is 3. The minimum absolute atomic E-state index is 0.0536. The van der Waals surface area contributed by atoms with Crippen LogP contribution in [0.4, 0.5) is 18.9 Å². The Balaban J connectivity index is 1.45. The van der Waals surface area contributed by atoms with Crippen molar-refractivity contribution in [2.24, 2.45) is 7.05 Å². The first kappa shape index (κ1) is 26.4. The van der Waals surface area contributed by atoms with Crippen LogP contribution in [0.15, 0.2) is 42.7 Å². The molecule has 2 aromatic heterocycles. The molecule has 12 heteroatoms. The fourth-order valence-electron chi connectivity index (χ4n) is 4.31. The van der Waals surface area contributed by atoms with E-state index in [0.29, 0.717) is 16.9 Å². The number of hydrogen-bond acceptors (Lipinski definition) is 6. The number of nitrogens with one attached hydrogen (secondary N) is 2. The van der Waals surface area contributed by atoms with Crippen LogP contribution >= 0.6 is 0 Å². The SMILES string of the molecule is COc1c(CNC2CC2)cc(C(F)(F)F)cc1NC(=O)c1ccc(C)c(-n2cc(-c3cnn(C)c3C)nn2)c1. The van der Waals surface area contributed by atoms with Crippen LogP contribution < -0.4 is 15.4 Å². The number of ether oxygens (including phenoxy) is 1. The Labute approximate surface area is 223 Å². The van der Waals surface area contributed by atoms with E-state index in [1.807, 2.05) is 20.9 Å². The molecule has 2 heterocycles. The topological polar surface area (TPSA) is 98.9 Å². The quantitative estimate of drug-likeness (QED) is 0.333. The minimum Gasteiger partial charge on any atom is -0.494 e. The Bertz CT molecular complexity index is 1540. The molecule has 1 aliphatic carbocycles. The van der Waals surface area contributed by atoms with E-state index < -0.39 is 17.6 Å². The number of hydrogen-bond donors (Lipinski definition) is 2. The van der Waals surface area contributed by atoms with Gasteiger partial charge in [0, 0.05) is 42.0 Å². The lowest BCUT2D eigenvalue weighted by atomic mass is 10.1. The molecule has 9 nitrogen and oxygen atoms in total. The predicted octanol–water partition coefficient (Wildman–Crippen LogP) is 4.82. The summed E-state index contributed by atoms with van der Waals surface area (Å²) in [6, 6.07) is 7.21. The van der Waals surface area contributed by atoms with Crippen molar-refractivity contribution >= 4 is 11.6 Å². The number of alkyl halides is 3. The highest BCUT2D eigenvalue weighted by molar-refractivity contribution is 6.05. The third-order valence-corrected chi connectivity index (χ3v) is 6.83. The van der Waals surface area contributed by atoms with Gasteiger partial charge in [0.25, 0.3) is 5.91 Å². The van der Waals surface area contributed by atoms with Crippen molar-refractivity contribution in [3.63, 3.8) is 0 Å². The third kappa shape index (κ3) is 5.51. The lowest BCUT2D eigenvalue weighted by Gasteiger charge is -2.18. The maximum absolute atomic E-state index is 13.7. The monoisotopic (exact) mass is 539 g/mol. The average Bonchev–Trinajstić information content (AvgIpc) is 3.50. The summed E-state index contributed by atoms with van der Waals surface area (Å²) in [4.78, 5) is 13.3. The number of aromatic nitrogens is 5. The fraction of sp³-hybridized carbons (Fsp3) is 0.333. The normalized spacial score (nSPS) is 13.5. The van der Waals surface area contributed by atoms with Gasteiger partial charge in [-0.25, -0.2) is 4.68 Å². The molecular formula is C27H28F3N7O2. The van der Waals surface area contributed by atoms with Crippen LogP contribution in [0.3, 0.4) is 0 Å². The lowest BCUT2D eigenvalue weighted by Crippen LogP contribution is -2.19. The Morgan fingerprint density at radius 3 is 2.59 bits per heavy atom. The van der Waals surface area contributed by atoms with Crippen LogP contribution in [0.1, 0.15) is 45.6 Å². The number of amides is 1. The summed E-state index contributed by atoms with van der Waals surface area (Å²) in [5, 5.41) is 18.5. The number of rotatable bonds is 8. The number of carbonyl (C=O) groups excluding carboxylic acids is 1. The summed E-state index contributed by atoms with van der Waals surface area (Å²) >= 11 is 0. The molecule has 39 heavy (non-hydrogen) atoms. The maximum Gasteiger partial charge on any atom is 0.416 e. The van der Waals surface area contributed by atoms with Gasteiger partial charge in [0.05, 0.1) is 36.4 Å². The molecule has 0 spiro atoms. The van der Waals surface area contributed by atoms with Gasteiger partial charge in [0.15, 0.2) is 0 Å². The van der Waals surface area contributed by atoms with Crippen LogP contribution in [-0.4, -0.2) is 43.8 Å². The first-order valence-electron chi connectivity index (χ1n) is 12.4. The lowest BCUT2D eigenvalue weighted by molar-refractivity contribution is -0.137. The van der Waals surface area contributed by atoms with Gasteiger partial charge in [0.1, 0.15) is 11.4 Å². The van der Waals surface area contributed by atoms with Crippen molar-refractivity contribution in [1.82, 2.24) is 30.1 Å². The van der Waals surface area contributed by atoms with E-state index in [1.165, 1.54) is 7.11 Å². The molecule has 1 aliphatic rings. The van der Waals surface area contributed by atoms with Crippen molar-refractivity contribution in [1.29, 1.82) is 0 Å². The van der Waals surface area contributed by atoms with Gasteiger partial charge in [-0.05, 0) is 56.5 Å². The Morgan fingerprint density at radius 1 is 1.18 bits per heavy atom. The van der Waals surface area contributed by atoms with Crippen molar-refractivity contribution in [3.8, 4) is 22.7 Å². The number of nitrogens with zero attached hydrogens (tertiary/aromatic N) is 5. The largest absolute Gasteiger partial charge is 0.494 e. The molecule has 0 unspecified atom stereocenters. The van der Waals surface area contributed by atoms with E-state index >= 15 is 0 Å². The summed E-state index contributed by atoms with van der Waals surface area (Å²) in [5.74, 6) is -0.400. The third-order valence-electron chi connectivity index (χ3n) is 6.83. The molecular weight excluding hydrogens is 511 g/mol. The van der Waals surface area contributed by atoms with Gasteiger partial charge in [-0.1, -0.05) is 11.3 Å². The molecule has 0 radical (unpaired) electrons. The van der Waals surface area contributed by atoms with Crippen LogP contribution in [0.2, 0.25) is 0 Å². The zero-order chi connectivity index (χ0) is 27.9. The summed E-state index contributed by atoms with van der Waals surface area (Å²) in [7, 11) is 3.20. The highest BCUT2D eigenvalue weighted by Crippen LogP contribution is 2.38. The van der Waals surface area contributed by atoms with Crippen molar-refractivity contribution in [2.75, 3.05) is 12.4 Å². The molecule has 4 aromatic rings. The van der Waals surface area contributed by atoms with Gasteiger partial charge < -0.3 is 15.4 Å². The number of aryl methyl sites for hydroxylation is 2. The molecule has 2 N–H and O–H groups in total. The summed E-state index contributed by atoms with van der Waals surface area (Å²) in [5.41, 5.74) is 3.45. The molecule has 1 amide bonds. The second kappa shape index (κ2) is 10.2. The summed E-state index contributed by atoms with van der Waals surface area (Å²) in [6.45, 7) is 3.98. The van der Waals surface area contributed by atoms with Gasteiger partial charge in [-0.2, -0.15) is 18.3 Å². The number of benzene rings is 2. The molecule has 5 rings (SSSR count). The van der Waals surface area contributed by atoms with E-state index in [2.05, 4.69) is 26.0 Å². The second-order valence-electron chi connectivity index (χ2n) is 9.64. The van der Waals surface area contributed by atoms with Crippen molar-refractivity contribution in [3.05, 3.63) is 70.7 Å². The summed E-state index contributed by atoms with van der Waals surface area (Å²) in [6.07, 6.45) is 0.820. The molecule has 0 saturated heterocycles. The Hall–Kier alpha value is -4.19. The Morgan fingerprint density at radius 2 is 1.95 bits per heavy atom. The van der Waals surface area contributed by atoms with Crippen LogP contribution in [0.25, 0.3) is 16.9 Å².